The smallest absolute Gasteiger partial charge is 0.251 e. The molecule has 29 heavy (non-hydrogen) atoms. The van der Waals surface area contributed by atoms with Gasteiger partial charge in [-0.1, -0.05) is 24.1 Å². The van der Waals surface area contributed by atoms with Crippen LogP contribution in [0.25, 0.3) is 0 Å². The molecule has 158 valence electrons. The molecule has 0 radical (unpaired) electrons. The van der Waals surface area contributed by atoms with E-state index in [2.05, 4.69) is 15.1 Å². The SMILES string of the molecule is Cc1ccc(C(=O)NC2CCN(CC(=O)N3CCN(C4CCC4)CC3)CC2)cc1. The lowest BCUT2D eigenvalue weighted by Gasteiger charge is -2.43. The Morgan fingerprint density at radius 2 is 1.59 bits per heavy atom. The van der Waals surface area contributed by atoms with Crippen LogP contribution in [0.5, 0.6) is 0 Å². The fraction of sp³-hybridized carbons (Fsp3) is 0.652. The summed E-state index contributed by atoms with van der Waals surface area (Å²) in [4.78, 5) is 31.9. The van der Waals surface area contributed by atoms with E-state index in [4.69, 9.17) is 0 Å². The van der Waals surface area contributed by atoms with E-state index in [0.717, 1.165) is 63.7 Å². The summed E-state index contributed by atoms with van der Waals surface area (Å²) in [5, 5.41) is 3.15. The second-order valence-corrected chi connectivity index (χ2v) is 8.89. The van der Waals surface area contributed by atoms with Gasteiger partial charge in [-0.2, -0.15) is 0 Å². The number of carbonyl (C=O) groups excluding carboxylic acids is 2. The molecule has 6 heteroatoms. The molecule has 6 nitrogen and oxygen atoms in total. The molecule has 1 aromatic carbocycles. The highest BCUT2D eigenvalue weighted by molar-refractivity contribution is 5.94. The maximum absolute atomic E-state index is 12.7. The van der Waals surface area contributed by atoms with Gasteiger partial charge in [0.1, 0.15) is 0 Å². The molecule has 1 N–H and O–H groups in total. The van der Waals surface area contributed by atoms with Crippen LogP contribution in [0.4, 0.5) is 0 Å². The van der Waals surface area contributed by atoms with Crippen molar-refractivity contribution in [2.45, 2.75) is 51.1 Å². The number of aryl methyl sites for hydroxylation is 1. The van der Waals surface area contributed by atoms with Crippen molar-refractivity contribution in [1.29, 1.82) is 0 Å². The summed E-state index contributed by atoms with van der Waals surface area (Å²) in [6, 6.07) is 8.67. The first kappa shape index (κ1) is 20.4. The van der Waals surface area contributed by atoms with E-state index >= 15 is 0 Å². The first-order valence-electron chi connectivity index (χ1n) is 11.2. The molecule has 0 spiro atoms. The summed E-state index contributed by atoms with van der Waals surface area (Å²) < 4.78 is 0. The fourth-order valence-electron chi connectivity index (χ4n) is 4.59. The maximum atomic E-state index is 12.7. The average molecular weight is 399 g/mol. The lowest BCUT2D eigenvalue weighted by molar-refractivity contribution is -0.135. The van der Waals surface area contributed by atoms with Crippen molar-refractivity contribution in [1.82, 2.24) is 20.0 Å². The molecule has 0 atom stereocenters. The normalized spacial score (nSPS) is 22.3. The number of piperidine rings is 1. The Labute approximate surface area is 174 Å². The largest absolute Gasteiger partial charge is 0.349 e. The Morgan fingerprint density at radius 1 is 0.931 bits per heavy atom. The summed E-state index contributed by atoms with van der Waals surface area (Å²) in [6.45, 7) is 8.08. The minimum atomic E-state index is 0.00357. The molecule has 0 aromatic heterocycles. The zero-order chi connectivity index (χ0) is 20.2. The molecular formula is C23H34N4O2. The highest BCUT2D eigenvalue weighted by Crippen LogP contribution is 2.25. The van der Waals surface area contributed by atoms with Gasteiger partial charge in [0.15, 0.2) is 0 Å². The number of piperazine rings is 1. The van der Waals surface area contributed by atoms with Crippen LogP contribution in [0.2, 0.25) is 0 Å². The van der Waals surface area contributed by atoms with Gasteiger partial charge in [-0.15, -0.1) is 0 Å². The Bertz CT molecular complexity index is 700. The van der Waals surface area contributed by atoms with Gasteiger partial charge in [-0.25, -0.2) is 0 Å². The summed E-state index contributed by atoms with van der Waals surface area (Å²) in [5.41, 5.74) is 1.87. The van der Waals surface area contributed by atoms with E-state index in [1.807, 2.05) is 36.1 Å². The van der Waals surface area contributed by atoms with Gasteiger partial charge in [0.05, 0.1) is 6.54 Å². The zero-order valence-corrected chi connectivity index (χ0v) is 17.6. The summed E-state index contributed by atoms with van der Waals surface area (Å²) in [7, 11) is 0. The fourth-order valence-corrected chi connectivity index (χ4v) is 4.59. The quantitative estimate of drug-likeness (QED) is 0.823. The minimum absolute atomic E-state index is 0.00357. The van der Waals surface area contributed by atoms with Gasteiger partial charge in [-0.05, 0) is 44.7 Å². The molecule has 3 fully saturated rings. The van der Waals surface area contributed by atoms with Crippen LogP contribution in [-0.2, 0) is 4.79 Å². The number of rotatable bonds is 5. The van der Waals surface area contributed by atoms with Gasteiger partial charge in [0.25, 0.3) is 5.91 Å². The predicted octanol–water partition coefficient (Wildman–Crippen LogP) is 1.89. The Hall–Kier alpha value is -1.92. The first-order valence-corrected chi connectivity index (χ1v) is 11.2. The van der Waals surface area contributed by atoms with Gasteiger partial charge >= 0.3 is 0 Å². The van der Waals surface area contributed by atoms with Crippen LogP contribution in [0.15, 0.2) is 24.3 Å². The second-order valence-electron chi connectivity index (χ2n) is 8.89. The predicted molar refractivity (Wildman–Crippen MR) is 114 cm³/mol. The van der Waals surface area contributed by atoms with Crippen molar-refractivity contribution in [3.8, 4) is 0 Å². The lowest BCUT2D eigenvalue weighted by atomic mass is 9.91. The van der Waals surface area contributed by atoms with E-state index in [9.17, 15) is 9.59 Å². The number of nitrogens with zero attached hydrogens (tertiary/aromatic N) is 3. The van der Waals surface area contributed by atoms with Crippen LogP contribution in [0, 0.1) is 6.92 Å². The molecule has 0 unspecified atom stereocenters. The average Bonchev–Trinajstić information content (AvgIpc) is 2.69. The topological polar surface area (TPSA) is 55.9 Å². The van der Waals surface area contributed by atoms with Crippen LogP contribution in [0.1, 0.15) is 48.0 Å². The maximum Gasteiger partial charge on any atom is 0.251 e. The van der Waals surface area contributed by atoms with Crippen LogP contribution in [-0.4, -0.2) is 84.4 Å². The Morgan fingerprint density at radius 3 is 2.17 bits per heavy atom. The molecule has 1 saturated carbocycles. The van der Waals surface area contributed by atoms with Crippen molar-refractivity contribution < 1.29 is 9.59 Å². The number of amides is 2. The minimum Gasteiger partial charge on any atom is -0.349 e. The molecule has 1 aliphatic carbocycles. The van der Waals surface area contributed by atoms with Gasteiger partial charge < -0.3 is 10.2 Å². The van der Waals surface area contributed by atoms with Gasteiger partial charge in [0, 0.05) is 56.9 Å². The molecule has 2 aliphatic heterocycles. The van der Waals surface area contributed by atoms with Crippen molar-refractivity contribution in [3.63, 3.8) is 0 Å². The molecule has 2 amide bonds. The lowest BCUT2D eigenvalue weighted by Crippen LogP contribution is -2.55. The van der Waals surface area contributed by atoms with E-state index in [0.29, 0.717) is 12.1 Å². The highest BCUT2D eigenvalue weighted by atomic mass is 16.2. The number of hydrogen-bond acceptors (Lipinski definition) is 4. The number of likely N-dealkylation sites (tertiary alicyclic amines) is 1. The van der Waals surface area contributed by atoms with Crippen LogP contribution >= 0.6 is 0 Å². The molecule has 3 aliphatic rings. The Balaban J connectivity index is 1.16. The third kappa shape index (κ3) is 5.17. The van der Waals surface area contributed by atoms with Crippen molar-refractivity contribution >= 4 is 11.8 Å². The molecule has 1 aromatic rings. The summed E-state index contributed by atoms with van der Waals surface area (Å²) in [5.74, 6) is 0.268. The van der Waals surface area contributed by atoms with Crippen molar-refractivity contribution in [2.24, 2.45) is 0 Å². The highest BCUT2D eigenvalue weighted by Gasteiger charge is 2.30. The Kier molecular flexibility index (Phi) is 6.50. The number of carbonyl (C=O) groups is 2. The monoisotopic (exact) mass is 398 g/mol. The summed E-state index contributed by atoms with van der Waals surface area (Å²) >= 11 is 0. The van der Waals surface area contributed by atoms with E-state index < -0.39 is 0 Å². The van der Waals surface area contributed by atoms with E-state index in [1.165, 1.54) is 19.3 Å². The standard InChI is InChI=1S/C23H34N4O2/c1-18-5-7-19(8-6-18)23(29)24-20-9-11-25(12-10-20)17-22(28)27-15-13-26(14-16-27)21-3-2-4-21/h5-8,20-21H,2-4,9-17H2,1H3,(H,24,29). The van der Waals surface area contributed by atoms with E-state index in [1.54, 1.807) is 0 Å². The number of nitrogens with one attached hydrogen (secondary N) is 1. The van der Waals surface area contributed by atoms with Gasteiger partial charge in [-0.3, -0.25) is 19.4 Å². The first-order chi connectivity index (χ1) is 14.1. The molecular weight excluding hydrogens is 364 g/mol. The zero-order valence-electron chi connectivity index (χ0n) is 17.6. The molecule has 2 saturated heterocycles. The molecule has 2 heterocycles. The number of benzene rings is 1. The molecule has 4 rings (SSSR count). The van der Waals surface area contributed by atoms with Crippen molar-refractivity contribution in [2.75, 3.05) is 45.8 Å². The van der Waals surface area contributed by atoms with Crippen LogP contribution in [0.3, 0.4) is 0 Å². The molecule has 0 bridgehead atoms. The van der Waals surface area contributed by atoms with Crippen LogP contribution < -0.4 is 5.32 Å². The summed E-state index contributed by atoms with van der Waals surface area (Å²) in [6.07, 6.45) is 5.85. The van der Waals surface area contributed by atoms with E-state index in [-0.39, 0.29) is 17.9 Å². The second kappa shape index (κ2) is 9.26. The van der Waals surface area contributed by atoms with Crippen molar-refractivity contribution in [3.05, 3.63) is 35.4 Å². The third-order valence-electron chi connectivity index (χ3n) is 6.85. The number of hydrogen-bond donors (Lipinski definition) is 1. The third-order valence-corrected chi connectivity index (χ3v) is 6.85. The van der Waals surface area contributed by atoms with Gasteiger partial charge in [0.2, 0.25) is 5.91 Å².